The van der Waals surface area contributed by atoms with Crippen molar-refractivity contribution in [3.05, 3.63) is 48.2 Å². The number of alkyl halides is 3. The quantitative estimate of drug-likeness (QED) is 0.862. The number of carbonyl (C=O) groups is 1. The van der Waals surface area contributed by atoms with Crippen molar-refractivity contribution in [2.75, 3.05) is 43.1 Å². The molecular weight excluding hydrogens is 363 g/mol. The number of aromatic nitrogens is 1. The number of amides is 1. The van der Waals surface area contributed by atoms with Gasteiger partial charge in [0, 0.05) is 36.7 Å². The maximum Gasteiger partial charge on any atom is 0.422 e. The highest BCUT2D eigenvalue weighted by atomic mass is 19.4. The summed E-state index contributed by atoms with van der Waals surface area (Å²) in [4.78, 5) is 18.2. The summed E-state index contributed by atoms with van der Waals surface area (Å²) in [6.45, 7) is 1.44. The average Bonchev–Trinajstić information content (AvgIpc) is 2.67. The molecule has 1 amide bonds. The van der Waals surface area contributed by atoms with E-state index in [2.05, 4.69) is 19.9 Å². The monoisotopic (exact) mass is 381 g/mol. The first-order chi connectivity index (χ1) is 12.9. The van der Waals surface area contributed by atoms with Gasteiger partial charge in [-0.1, -0.05) is 6.07 Å². The van der Waals surface area contributed by atoms with Crippen molar-refractivity contribution < 1.29 is 27.4 Å². The Bertz CT molecular complexity index is 775. The molecule has 0 atom stereocenters. The van der Waals surface area contributed by atoms with Crippen LogP contribution in [0.3, 0.4) is 0 Å². The highest BCUT2D eigenvalue weighted by Crippen LogP contribution is 2.21. The van der Waals surface area contributed by atoms with Gasteiger partial charge in [0.2, 0.25) is 5.88 Å². The van der Waals surface area contributed by atoms with Gasteiger partial charge in [-0.25, -0.2) is 4.98 Å². The van der Waals surface area contributed by atoms with E-state index in [4.69, 9.17) is 4.74 Å². The molecule has 0 spiro atoms. The van der Waals surface area contributed by atoms with Crippen LogP contribution in [-0.4, -0.2) is 50.0 Å². The number of anilines is 2. The van der Waals surface area contributed by atoms with Crippen molar-refractivity contribution in [3.8, 4) is 5.88 Å². The number of carbonyl (C=O) groups excluding carboxylic acids is 1. The van der Waals surface area contributed by atoms with Gasteiger partial charge in [0.25, 0.3) is 5.91 Å². The molecule has 0 bridgehead atoms. The summed E-state index contributed by atoms with van der Waals surface area (Å²) in [5.74, 6) is -0.609. The highest BCUT2D eigenvalue weighted by Gasteiger charge is 2.28. The minimum absolute atomic E-state index is 0.196. The Labute approximate surface area is 153 Å². The van der Waals surface area contributed by atoms with Crippen LogP contribution in [0.25, 0.3) is 0 Å². The predicted molar refractivity (Wildman–Crippen MR) is 93.2 cm³/mol. The molecule has 3 rings (SSSR count). The van der Waals surface area contributed by atoms with E-state index in [1.807, 2.05) is 18.2 Å². The fraction of sp³-hybridized carbons (Fsp3) is 0.333. The number of nitrogens with zero attached hydrogens (tertiary/aromatic N) is 2. The van der Waals surface area contributed by atoms with Gasteiger partial charge in [-0.15, -0.1) is 0 Å². The van der Waals surface area contributed by atoms with E-state index >= 15 is 0 Å². The van der Waals surface area contributed by atoms with Crippen LogP contribution in [0.5, 0.6) is 5.88 Å². The second-order valence-corrected chi connectivity index (χ2v) is 5.89. The molecule has 27 heavy (non-hydrogen) atoms. The Morgan fingerprint density at radius 2 is 2.00 bits per heavy atom. The molecule has 2 heterocycles. The van der Waals surface area contributed by atoms with E-state index in [1.54, 1.807) is 6.07 Å². The Hall–Kier alpha value is -2.81. The number of benzene rings is 1. The van der Waals surface area contributed by atoms with Crippen LogP contribution < -0.4 is 15.0 Å². The molecule has 6 nitrogen and oxygen atoms in total. The van der Waals surface area contributed by atoms with Gasteiger partial charge in [0.05, 0.1) is 18.8 Å². The van der Waals surface area contributed by atoms with E-state index in [0.29, 0.717) is 18.9 Å². The zero-order valence-electron chi connectivity index (χ0n) is 14.3. The number of ether oxygens (including phenoxy) is 2. The van der Waals surface area contributed by atoms with Gasteiger partial charge in [-0.2, -0.15) is 13.2 Å². The number of hydrogen-bond donors (Lipinski definition) is 1. The van der Waals surface area contributed by atoms with Gasteiger partial charge < -0.3 is 19.7 Å². The summed E-state index contributed by atoms with van der Waals surface area (Å²) in [6.07, 6.45) is -3.27. The maximum atomic E-state index is 12.3. The highest BCUT2D eigenvalue weighted by molar-refractivity contribution is 6.04. The first kappa shape index (κ1) is 19.0. The molecule has 1 aliphatic heterocycles. The van der Waals surface area contributed by atoms with Crippen LogP contribution in [0.15, 0.2) is 42.6 Å². The van der Waals surface area contributed by atoms with Crippen molar-refractivity contribution in [1.29, 1.82) is 0 Å². The van der Waals surface area contributed by atoms with E-state index in [0.717, 1.165) is 18.8 Å². The maximum absolute atomic E-state index is 12.3. The number of halogens is 3. The third kappa shape index (κ3) is 5.58. The van der Waals surface area contributed by atoms with Crippen LogP contribution in [0.1, 0.15) is 10.4 Å². The first-order valence-electron chi connectivity index (χ1n) is 8.30. The zero-order valence-corrected chi connectivity index (χ0v) is 14.3. The number of morpholine rings is 1. The minimum Gasteiger partial charge on any atom is -0.468 e. The van der Waals surface area contributed by atoms with Crippen LogP contribution >= 0.6 is 0 Å². The third-order valence-corrected chi connectivity index (χ3v) is 3.86. The minimum atomic E-state index is -4.44. The van der Waals surface area contributed by atoms with Crippen molar-refractivity contribution in [2.45, 2.75) is 6.18 Å². The van der Waals surface area contributed by atoms with Crippen LogP contribution in [0, 0.1) is 0 Å². The topological polar surface area (TPSA) is 63.7 Å². The van der Waals surface area contributed by atoms with Crippen LogP contribution in [-0.2, 0) is 4.74 Å². The summed E-state index contributed by atoms with van der Waals surface area (Å²) in [5, 5.41) is 2.76. The number of hydrogen-bond acceptors (Lipinski definition) is 5. The second kappa shape index (κ2) is 8.26. The van der Waals surface area contributed by atoms with E-state index < -0.39 is 18.7 Å². The standard InChI is InChI=1S/C18H18F3N3O3/c19-18(20,21)12-27-16-5-4-13(11-22-16)17(25)23-14-2-1-3-15(10-14)24-6-8-26-9-7-24/h1-5,10-11H,6-9,12H2,(H,23,25). The lowest BCUT2D eigenvalue weighted by molar-refractivity contribution is -0.154. The lowest BCUT2D eigenvalue weighted by Gasteiger charge is -2.29. The molecule has 0 saturated carbocycles. The van der Waals surface area contributed by atoms with Crippen LogP contribution in [0.2, 0.25) is 0 Å². The van der Waals surface area contributed by atoms with Gasteiger partial charge in [0.1, 0.15) is 0 Å². The van der Waals surface area contributed by atoms with E-state index in [9.17, 15) is 18.0 Å². The Morgan fingerprint density at radius 3 is 2.67 bits per heavy atom. The number of rotatable bonds is 5. The Kier molecular flexibility index (Phi) is 5.80. The summed E-state index contributed by atoms with van der Waals surface area (Å²) in [5.41, 5.74) is 1.80. The fourth-order valence-corrected chi connectivity index (χ4v) is 2.56. The normalized spacial score (nSPS) is 14.7. The summed E-state index contributed by atoms with van der Waals surface area (Å²) in [6, 6.07) is 10.0. The van der Waals surface area contributed by atoms with Crippen molar-refractivity contribution in [3.63, 3.8) is 0 Å². The van der Waals surface area contributed by atoms with Crippen molar-refractivity contribution >= 4 is 17.3 Å². The summed E-state index contributed by atoms with van der Waals surface area (Å²) >= 11 is 0. The molecular formula is C18H18F3N3O3. The molecule has 9 heteroatoms. The van der Waals surface area contributed by atoms with E-state index in [1.165, 1.54) is 18.3 Å². The first-order valence-corrected chi connectivity index (χ1v) is 8.30. The molecule has 1 aromatic heterocycles. The lowest BCUT2D eigenvalue weighted by atomic mass is 10.2. The largest absolute Gasteiger partial charge is 0.468 e. The van der Waals surface area contributed by atoms with Gasteiger partial charge in [-0.05, 0) is 24.3 Å². The molecule has 2 aromatic rings. The molecule has 1 aromatic carbocycles. The number of nitrogens with one attached hydrogen (secondary N) is 1. The molecule has 1 fully saturated rings. The summed E-state index contributed by atoms with van der Waals surface area (Å²) < 4.78 is 46.2. The fourth-order valence-electron chi connectivity index (χ4n) is 2.56. The van der Waals surface area contributed by atoms with Crippen molar-refractivity contribution in [2.24, 2.45) is 0 Å². The predicted octanol–water partition coefficient (Wildman–Crippen LogP) is 3.11. The molecule has 0 unspecified atom stereocenters. The van der Waals surface area contributed by atoms with Gasteiger partial charge >= 0.3 is 6.18 Å². The molecule has 0 aliphatic carbocycles. The lowest BCUT2D eigenvalue weighted by Crippen LogP contribution is -2.36. The molecule has 1 aliphatic rings. The van der Waals surface area contributed by atoms with E-state index in [-0.39, 0.29) is 11.4 Å². The summed E-state index contributed by atoms with van der Waals surface area (Å²) in [7, 11) is 0. The van der Waals surface area contributed by atoms with Crippen molar-refractivity contribution in [1.82, 2.24) is 4.98 Å². The average molecular weight is 381 g/mol. The van der Waals surface area contributed by atoms with Gasteiger partial charge in [0.15, 0.2) is 6.61 Å². The molecule has 1 N–H and O–H groups in total. The van der Waals surface area contributed by atoms with Gasteiger partial charge in [-0.3, -0.25) is 4.79 Å². The Balaban J connectivity index is 1.61. The van der Waals surface area contributed by atoms with Crippen LogP contribution in [0.4, 0.5) is 24.5 Å². The molecule has 1 saturated heterocycles. The SMILES string of the molecule is O=C(Nc1cccc(N2CCOCC2)c1)c1ccc(OCC(F)(F)F)nc1. The number of pyridine rings is 1. The third-order valence-electron chi connectivity index (χ3n) is 3.86. The second-order valence-electron chi connectivity index (χ2n) is 5.89. The molecule has 144 valence electrons. The smallest absolute Gasteiger partial charge is 0.422 e. The zero-order chi connectivity index (χ0) is 19.3. The molecule has 0 radical (unpaired) electrons. The Morgan fingerprint density at radius 1 is 1.22 bits per heavy atom.